The monoisotopic (exact) mass is 289 g/mol. The molecule has 0 bridgehead atoms. The highest BCUT2D eigenvalue weighted by atomic mass is 32.2. The Bertz CT molecular complexity index is 609. The standard InChI is InChI=1S/C15H15NO3S/c1-2-19-14(18)9-16-12-6-5-10(17)8-11(12)15-13(16)4-3-7-20-15/h3-8,15,17H,2,9H2,1H3. The van der Waals surface area contributed by atoms with Crippen molar-refractivity contribution in [3.63, 3.8) is 0 Å². The number of carbonyl (C=O) groups is 1. The van der Waals surface area contributed by atoms with Crippen LogP contribution in [-0.4, -0.2) is 24.2 Å². The van der Waals surface area contributed by atoms with Gasteiger partial charge in [0.05, 0.1) is 11.9 Å². The Balaban J connectivity index is 1.98. The Hall–Kier alpha value is -1.88. The summed E-state index contributed by atoms with van der Waals surface area (Å²) in [5.41, 5.74) is 3.06. The second kappa shape index (κ2) is 5.25. The second-order valence-corrected chi connectivity index (χ2v) is 5.59. The van der Waals surface area contributed by atoms with E-state index in [1.165, 1.54) is 0 Å². The molecule has 4 nitrogen and oxygen atoms in total. The number of anilines is 1. The molecule has 1 N–H and O–H groups in total. The van der Waals surface area contributed by atoms with Gasteiger partial charge in [-0.05, 0) is 42.2 Å². The van der Waals surface area contributed by atoms with E-state index in [-0.39, 0.29) is 23.5 Å². The Morgan fingerprint density at radius 2 is 2.35 bits per heavy atom. The molecule has 2 aliphatic heterocycles. The van der Waals surface area contributed by atoms with Crippen molar-refractivity contribution in [1.82, 2.24) is 0 Å². The fourth-order valence-electron chi connectivity index (χ4n) is 2.53. The molecule has 104 valence electrons. The van der Waals surface area contributed by atoms with Crippen LogP contribution in [0.4, 0.5) is 5.69 Å². The lowest BCUT2D eigenvalue weighted by Gasteiger charge is -2.22. The normalized spacial score (nSPS) is 19.4. The number of benzene rings is 1. The van der Waals surface area contributed by atoms with Crippen LogP contribution in [0.3, 0.4) is 0 Å². The third-order valence-electron chi connectivity index (χ3n) is 3.32. The summed E-state index contributed by atoms with van der Waals surface area (Å²) in [6, 6.07) is 5.27. The summed E-state index contributed by atoms with van der Waals surface area (Å²) in [6.45, 7) is 2.38. The molecule has 0 saturated heterocycles. The minimum atomic E-state index is -0.243. The Morgan fingerprint density at radius 3 is 3.15 bits per heavy atom. The summed E-state index contributed by atoms with van der Waals surface area (Å²) in [5, 5.41) is 11.8. The summed E-state index contributed by atoms with van der Waals surface area (Å²) in [7, 11) is 0. The molecule has 3 rings (SSSR count). The van der Waals surface area contributed by atoms with Crippen LogP contribution < -0.4 is 4.90 Å². The molecule has 5 heteroatoms. The number of nitrogens with zero attached hydrogens (tertiary/aromatic N) is 1. The fourth-order valence-corrected chi connectivity index (χ4v) is 3.54. The maximum Gasteiger partial charge on any atom is 0.325 e. The van der Waals surface area contributed by atoms with Gasteiger partial charge in [0.25, 0.3) is 0 Å². The number of fused-ring (bicyclic) bond motifs is 3. The summed E-state index contributed by atoms with van der Waals surface area (Å²) < 4.78 is 5.04. The van der Waals surface area contributed by atoms with Gasteiger partial charge in [-0.15, -0.1) is 11.8 Å². The van der Waals surface area contributed by atoms with E-state index in [4.69, 9.17) is 4.74 Å². The number of esters is 1. The molecule has 1 aromatic carbocycles. The Morgan fingerprint density at radius 1 is 1.50 bits per heavy atom. The van der Waals surface area contributed by atoms with Crippen molar-refractivity contribution in [2.45, 2.75) is 12.2 Å². The second-order valence-electron chi connectivity index (χ2n) is 4.57. The number of hydrogen-bond donors (Lipinski definition) is 1. The highest BCUT2D eigenvalue weighted by Gasteiger charge is 2.35. The summed E-state index contributed by atoms with van der Waals surface area (Å²) in [5.74, 6) is 0.00358. The highest BCUT2D eigenvalue weighted by Crippen LogP contribution is 2.52. The maximum absolute atomic E-state index is 11.8. The van der Waals surface area contributed by atoms with Crippen LogP contribution in [0, 0.1) is 0 Å². The van der Waals surface area contributed by atoms with Gasteiger partial charge in [0.2, 0.25) is 0 Å². The Kier molecular flexibility index (Phi) is 3.44. The summed E-state index contributed by atoms with van der Waals surface area (Å²) in [4.78, 5) is 13.8. The van der Waals surface area contributed by atoms with Crippen LogP contribution in [0.5, 0.6) is 5.75 Å². The molecule has 1 unspecified atom stereocenters. The Labute approximate surface area is 121 Å². The first kappa shape index (κ1) is 13.1. The van der Waals surface area contributed by atoms with E-state index in [1.54, 1.807) is 30.8 Å². The zero-order valence-corrected chi connectivity index (χ0v) is 11.9. The van der Waals surface area contributed by atoms with Crippen molar-refractivity contribution >= 4 is 23.4 Å². The molecule has 0 saturated carbocycles. The molecule has 2 aliphatic rings. The van der Waals surface area contributed by atoms with Gasteiger partial charge in [0.15, 0.2) is 0 Å². The first-order valence-electron chi connectivity index (χ1n) is 6.49. The largest absolute Gasteiger partial charge is 0.508 e. The van der Waals surface area contributed by atoms with Crippen molar-refractivity contribution in [3.05, 3.63) is 47.0 Å². The van der Waals surface area contributed by atoms with Gasteiger partial charge in [-0.2, -0.15) is 0 Å². The topological polar surface area (TPSA) is 49.8 Å². The predicted octanol–water partition coefficient (Wildman–Crippen LogP) is 2.96. The van der Waals surface area contributed by atoms with Crippen LogP contribution in [0.2, 0.25) is 0 Å². The van der Waals surface area contributed by atoms with Crippen molar-refractivity contribution in [1.29, 1.82) is 0 Å². The summed E-state index contributed by atoms with van der Waals surface area (Å²) in [6.07, 6.45) is 3.98. The zero-order chi connectivity index (χ0) is 14.1. The minimum Gasteiger partial charge on any atom is -0.508 e. The van der Waals surface area contributed by atoms with Gasteiger partial charge in [-0.25, -0.2) is 0 Å². The maximum atomic E-state index is 11.8. The van der Waals surface area contributed by atoms with Crippen molar-refractivity contribution in [3.8, 4) is 5.75 Å². The van der Waals surface area contributed by atoms with Crippen LogP contribution >= 0.6 is 11.8 Å². The zero-order valence-electron chi connectivity index (χ0n) is 11.1. The smallest absolute Gasteiger partial charge is 0.325 e. The van der Waals surface area contributed by atoms with Gasteiger partial charge in [0, 0.05) is 11.4 Å². The number of phenols is 1. The number of thioether (sulfide) groups is 1. The number of hydrogen-bond acceptors (Lipinski definition) is 5. The molecule has 0 aliphatic carbocycles. The van der Waals surface area contributed by atoms with E-state index in [1.807, 2.05) is 28.5 Å². The van der Waals surface area contributed by atoms with Gasteiger partial charge in [-0.3, -0.25) is 4.79 Å². The number of phenolic OH excluding ortho intramolecular Hbond substituents is 1. The minimum absolute atomic E-state index is 0.136. The molecule has 0 spiro atoms. The van der Waals surface area contributed by atoms with Crippen LogP contribution in [0.1, 0.15) is 17.7 Å². The molecular weight excluding hydrogens is 274 g/mol. The molecule has 0 fully saturated rings. The molecular formula is C15H15NO3S. The number of rotatable bonds is 3. The lowest BCUT2D eigenvalue weighted by atomic mass is 10.1. The SMILES string of the molecule is CCOC(=O)CN1C2=CC=CSC2c2cc(O)ccc21. The number of aromatic hydroxyl groups is 1. The first-order chi connectivity index (χ1) is 9.70. The number of carbonyl (C=O) groups excluding carboxylic acids is 1. The molecule has 1 atom stereocenters. The van der Waals surface area contributed by atoms with E-state index in [9.17, 15) is 9.90 Å². The third-order valence-corrected chi connectivity index (χ3v) is 4.40. The van der Waals surface area contributed by atoms with E-state index in [2.05, 4.69) is 0 Å². The number of ether oxygens (including phenoxy) is 1. The average molecular weight is 289 g/mol. The third kappa shape index (κ3) is 2.18. The van der Waals surface area contributed by atoms with Gasteiger partial charge < -0.3 is 14.7 Å². The van der Waals surface area contributed by atoms with E-state index >= 15 is 0 Å². The van der Waals surface area contributed by atoms with Gasteiger partial charge >= 0.3 is 5.97 Å². The van der Waals surface area contributed by atoms with Crippen molar-refractivity contribution in [2.24, 2.45) is 0 Å². The lowest BCUT2D eigenvalue weighted by Crippen LogP contribution is -2.28. The van der Waals surface area contributed by atoms with Crippen molar-refractivity contribution in [2.75, 3.05) is 18.1 Å². The molecule has 20 heavy (non-hydrogen) atoms. The van der Waals surface area contributed by atoms with Crippen LogP contribution in [0.15, 0.2) is 41.5 Å². The fraction of sp³-hybridized carbons (Fsp3) is 0.267. The molecule has 0 aromatic heterocycles. The molecule has 2 heterocycles. The molecule has 1 aromatic rings. The van der Waals surface area contributed by atoms with E-state index in [0.717, 1.165) is 16.9 Å². The van der Waals surface area contributed by atoms with E-state index in [0.29, 0.717) is 6.61 Å². The van der Waals surface area contributed by atoms with Crippen LogP contribution in [0.25, 0.3) is 0 Å². The molecule has 0 amide bonds. The first-order valence-corrected chi connectivity index (χ1v) is 7.43. The van der Waals surface area contributed by atoms with Crippen LogP contribution in [-0.2, 0) is 9.53 Å². The number of allylic oxidation sites excluding steroid dienone is 2. The van der Waals surface area contributed by atoms with E-state index < -0.39 is 0 Å². The summed E-state index contributed by atoms with van der Waals surface area (Å²) >= 11 is 1.68. The quantitative estimate of drug-likeness (QED) is 0.867. The predicted molar refractivity (Wildman–Crippen MR) is 79.6 cm³/mol. The highest BCUT2D eigenvalue weighted by molar-refractivity contribution is 8.02. The van der Waals surface area contributed by atoms with Gasteiger partial charge in [0.1, 0.15) is 12.3 Å². The van der Waals surface area contributed by atoms with Crippen molar-refractivity contribution < 1.29 is 14.6 Å². The molecule has 0 radical (unpaired) electrons. The average Bonchev–Trinajstić information content (AvgIpc) is 2.74. The lowest BCUT2D eigenvalue weighted by molar-refractivity contribution is -0.141. The van der Waals surface area contributed by atoms with Gasteiger partial charge in [-0.1, -0.05) is 6.08 Å².